The number of aliphatic hydroxyl groups excluding tert-OH is 1. The van der Waals surface area contributed by atoms with E-state index in [1.165, 1.54) is 19.2 Å². The van der Waals surface area contributed by atoms with E-state index in [0.29, 0.717) is 4.60 Å². The van der Waals surface area contributed by atoms with E-state index in [1.807, 2.05) is 0 Å². The summed E-state index contributed by atoms with van der Waals surface area (Å²) < 4.78 is 0.312. The Labute approximate surface area is 106 Å². The minimum absolute atomic E-state index is 0.208. The number of carboxylic acids is 1. The molecular formula is C10H11BrN2O4. The Morgan fingerprint density at radius 3 is 2.65 bits per heavy atom. The Bertz CT molecular complexity index is 436. The maximum Gasteiger partial charge on any atom is 0.328 e. The van der Waals surface area contributed by atoms with Crippen LogP contribution < -0.4 is 5.32 Å². The lowest BCUT2D eigenvalue weighted by atomic mass is 10.1. The highest BCUT2D eigenvalue weighted by atomic mass is 79.9. The van der Waals surface area contributed by atoms with E-state index >= 15 is 0 Å². The van der Waals surface area contributed by atoms with E-state index in [4.69, 9.17) is 5.11 Å². The van der Waals surface area contributed by atoms with Crippen molar-refractivity contribution in [2.75, 3.05) is 0 Å². The van der Waals surface area contributed by atoms with Gasteiger partial charge in [0.25, 0.3) is 5.91 Å². The van der Waals surface area contributed by atoms with Gasteiger partial charge in [-0.1, -0.05) is 0 Å². The van der Waals surface area contributed by atoms with Crippen LogP contribution in [-0.4, -0.2) is 39.2 Å². The molecule has 0 bridgehead atoms. The van der Waals surface area contributed by atoms with Crippen LogP contribution in [0.1, 0.15) is 17.3 Å². The first kappa shape index (κ1) is 13.6. The molecule has 3 N–H and O–H groups in total. The number of pyridine rings is 1. The van der Waals surface area contributed by atoms with E-state index in [-0.39, 0.29) is 5.56 Å². The largest absolute Gasteiger partial charge is 0.480 e. The maximum absolute atomic E-state index is 11.7. The van der Waals surface area contributed by atoms with E-state index in [2.05, 4.69) is 26.2 Å². The van der Waals surface area contributed by atoms with Crippen LogP contribution in [0.3, 0.4) is 0 Å². The van der Waals surface area contributed by atoms with Gasteiger partial charge < -0.3 is 15.5 Å². The molecule has 92 valence electrons. The molecule has 0 aliphatic rings. The minimum atomic E-state index is -1.35. The number of nitrogens with one attached hydrogen (secondary N) is 1. The number of carbonyl (C=O) groups is 2. The molecule has 17 heavy (non-hydrogen) atoms. The highest BCUT2D eigenvalue weighted by Gasteiger charge is 2.26. The zero-order valence-electron chi connectivity index (χ0n) is 8.92. The molecule has 0 aromatic carbocycles. The molecule has 1 aromatic rings. The third kappa shape index (κ3) is 3.50. The summed E-state index contributed by atoms with van der Waals surface area (Å²) in [7, 11) is 0. The molecule has 1 rings (SSSR count). The lowest BCUT2D eigenvalue weighted by molar-refractivity contribution is -0.141. The standard InChI is InChI=1S/C10H11BrN2O4/c1-5(14)7(10(16)17)13-9(15)6-3-2-4-12-8(6)11/h2-5,7,14H,1H3,(H,13,15)(H,16,17). The molecule has 7 heteroatoms. The number of rotatable bonds is 4. The minimum Gasteiger partial charge on any atom is -0.480 e. The third-order valence-electron chi connectivity index (χ3n) is 2.04. The highest BCUT2D eigenvalue weighted by molar-refractivity contribution is 9.10. The van der Waals surface area contributed by atoms with Crippen molar-refractivity contribution in [3.63, 3.8) is 0 Å². The topological polar surface area (TPSA) is 99.5 Å². The van der Waals surface area contributed by atoms with E-state index in [1.54, 1.807) is 6.07 Å². The summed E-state index contributed by atoms with van der Waals surface area (Å²) in [4.78, 5) is 26.4. The van der Waals surface area contributed by atoms with Gasteiger partial charge in [0.2, 0.25) is 0 Å². The molecule has 2 atom stereocenters. The van der Waals surface area contributed by atoms with Crippen LogP contribution in [0.25, 0.3) is 0 Å². The number of aromatic nitrogens is 1. The summed E-state index contributed by atoms with van der Waals surface area (Å²) >= 11 is 3.08. The number of amides is 1. The van der Waals surface area contributed by atoms with Crippen molar-refractivity contribution in [3.8, 4) is 0 Å². The highest BCUT2D eigenvalue weighted by Crippen LogP contribution is 2.12. The first-order valence-corrected chi connectivity index (χ1v) is 5.55. The first-order chi connectivity index (χ1) is 7.93. The Kier molecular flexibility index (Phi) is 4.59. The van der Waals surface area contributed by atoms with Gasteiger partial charge in [-0.15, -0.1) is 0 Å². The van der Waals surface area contributed by atoms with Crippen LogP contribution in [-0.2, 0) is 4.79 Å². The lowest BCUT2D eigenvalue weighted by Crippen LogP contribution is -2.47. The summed E-state index contributed by atoms with van der Waals surface area (Å²) in [6.07, 6.45) is 0.302. The van der Waals surface area contributed by atoms with Gasteiger partial charge in [-0.2, -0.15) is 0 Å². The molecule has 0 radical (unpaired) electrons. The van der Waals surface area contributed by atoms with Gasteiger partial charge in [-0.25, -0.2) is 9.78 Å². The van der Waals surface area contributed by atoms with Crippen LogP contribution in [0, 0.1) is 0 Å². The predicted octanol–water partition coefficient (Wildman–Crippen LogP) is 0.408. The number of hydrogen-bond donors (Lipinski definition) is 3. The third-order valence-corrected chi connectivity index (χ3v) is 2.67. The molecule has 0 saturated carbocycles. The predicted molar refractivity (Wildman–Crippen MR) is 62.5 cm³/mol. The van der Waals surface area contributed by atoms with Gasteiger partial charge in [0, 0.05) is 6.20 Å². The molecule has 0 spiro atoms. The van der Waals surface area contributed by atoms with E-state index < -0.39 is 24.0 Å². The number of carbonyl (C=O) groups excluding carboxylic acids is 1. The van der Waals surface area contributed by atoms with Crippen molar-refractivity contribution < 1.29 is 19.8 Å². The number of nitrogens with zero attached hydrogens (tertiary/aromatic N) is 1. The maximum atomic E-state index is 11.7. The first-order valence-electron chi connectivity index (χ1n) is 4.75. The van der Waals surface area contributed by atoms with Crippen LogP contribution >= 0.6 is 15.9 Å². The van der Waals surface area contributed by atoms with Crippen LogP contribution in [0.4, 0.5) is 0 Å². The van der Waals surface area contributed by atoms with Crippen LogP contribution in [0.5, 0.6) is 0 Å². The number of hydrogen-bond acceptors (Lipinski definition) is 4. The van der Waals surface area contributed by atoms with Crippen molar-refractivity contribution in [1.29, 1.82) is 0 Å². The number of carboxylic acid groups (broad SMARTS) is 1. The second kappa shape index (κ2) is 5.74. The monoisotopic (exact) mass is 302 g/mol. The molecule has 0 aliphatic heterocycles. The van der Waals surface area contributed by atoms with Crippen molar-refractivity contribution in [2.24, 2.45) is 0 Å². The van der Waals surface area contributed by atoms with Crippen molar-refractivity contribution in [2.45, 2.75) is 19.1 Å². The Morgan fingerprint density at radius 2 is 2.18 bits per heavy atom. The van der Waals surface area contributed by atoms with E-state index in [0.717, 1.165) is 0 Å². The van der Waals surface area contributed by atoms with Gasteiger partial charge in [0.15, 0.2) is 6.04 Å². The fourth-order valence-electron chi connectivity index (χ4n) is 1.16. The lowest BCUT2D eigenvalue weighted by Gasteiger charge is -2.17. The summed E-state index contributed by atoms with van der Waals surface area (Å²) in [5.74, 6) is -1.91. The average molecular weight is 303 g/mol. The van der Waals surface area contributed by atoms with E-state index in [9.17, 15) is 14.7 Å². The second-order valence-corrected chi connectivity index (χ2v) is 4.12. The number of aliphatic hydroxyl groups is 1. The molecule has 1 heterocycles. The van der Waals surface area contributed by atoms with Gasteiger partial charge in [0.1, 0.15) is 4.60 Å². The zero-order valence-corrected chi connectivity index (χ0v) is 10.5. The van der Waals surface area contributed by atoms with Gasteiger partial charge in [-0.05, 0) is 35.0 Å². The molecule has 0 saturated heterocycles. The number of aliphatic carboxylic acids is 1. The Hall–Kier alpha value is -1.47. The summed E-state index contributed by atoms with van der Waals surface area (Å²) in [5, 5.41) is 20.2. The van der Waals surface area contributed by atoms with Gasteiger partial charge in [-0.3, -0.25) is 4.79 Å². The van der Waals surface area contributed by atoms with Gasteiger partial charge in [0.05, 0.1) is 11.7 Å². The fraction of sp³-hybridized carbons (Fsp3) is 0.300. The normalized spacial score (nSPS) is 13.8. The van der Waals surface area contributed by atoms with Crippen LogP contribution in [0.2, 0.25) is 0 Å². The average Bonchev–Trinajstić information content (AvgIpc) is 2.25. The molecule has 1 amide bonds. The van der Waals surface area contributed by atoms with Crippen LogP contribution in [0.15, 0.2) is 22.9 Å². The Morgan fingerprint density at radius 1 is 1.53 bits per heavy atom. The summed E-state index contributed by atoms with van der Waals surface area (Å²) in [6.45, 7) is 1.29. The Balaban J connectivity index is 2.85. The second-order valence-electron chi connectivity index (χ2n) is 3.37. The smallest absolute Gasteiger partial charge is 0.328 e. The molecule has 0 aliphatic carbocycles. The number of halogens is 1. The quantitative estimate of drug-likeness (QED) is 0.700. The zero-order chi connectivity index (χ0) is 13.0. The van der Waals surface area contributed by atoms with Gasteiger partial charge >= 0.3 is 5.97 Å². The molecule has 2 unspecified atom stereocenters. The van der Waals surface area contributed by atoms with Crippen molar-refractivity contribution in [1.82, 2.24) is 10.3 Å². The summed E-state index contributed by atoms with van der Waals surface area (Å²) in [5.41, 5.74) is 0.208. The van der Waals surface area contributed by atoms with Crippen molar-refractivity contribution in [3.05, 3.63) is 28.5 Å². The SMILES string of the molecule is CC(O)C(NC(=O)c1cccnc1Br)C(=O)O. The summed E-state index contributed by atoms with van der Waals surface area (Å²) in [6, 6.07) is 1.69. The fourth-order valence-corrected chi connectivity index (χ4v) is 1.59. The molecule has 1 aromatic heterocycles. The molecule has 0 fully saturated rings. The molecular weight excluding hydrogens is 292 g/mol. The van der Waals surface area contributed by atoms with Crippen molar-refractivity contribution >= 4 is 27.8 Å². The molecule has 6 nitrogen and oxygen atoms in total.